The molecule has 0 aromatic rings. The zero-order valence-electron chi connectivity index (χ0n) is 8.24. The van der Waals surface area contributed by atoms with E-state index in [1.807, 2.05) is 0 Å². The lowest BCUT2D eigenvalue weighted by Gasteiger charge is -2.03. The van der Waals surface area contributed by atoms with E-state index in [1.54, 1.807) is 6.08 Å². The molecule has 0 atom stereocenters. The number of hydrogen-bond donors (Lipinski definition) is 0. The summed E-state index contributed by atoms with van der Waals surface area (Å²) in [5, 5.41) is 0. The van der Waals surface area contributed by atoms with Crippen molar-refractivity contribution in [1.82, 2.24) is 0 Å². The van der Waals surface area contributed by atoms with Crippen molar-refractivity contribution in [3.05, 3.63) is 25.5 Å². The summed E-state index contributed by atoms with van der Waals surface area (Å²) in [6.45, 7) is 8.59. The van der Waals surface area contributed by atoms with Crippen molar-refractivity contribution < 1.29 is 19.0 Å². The van der Waals surface area contributed by atoms with Gasteiger partial charge in [-0.3, -0.25) is 4.79 Å². The molecule has 4 nitrogen and oxygen atoms in total. The summed E-state index contributed by atoms with van der Waals surface area (Å²) in [5.41, 5.74) is 0. The van der Waals surface area contributed by atoms with E-state index in [1.165, 1.54) is 0 Å². The van der Waals surface area contributed by atoms with E-state index in [4.69, 9.17) is 9.47 Å². The first-order valence-corrected chi connectivity index (χ1v) is 4.38. The predicted molar refractivity (Wildman–Crippen MR) is 52.7 cm³/mol. The molecule has 0 rings (SSSR count). The molecular formula is C10H16O4. The van der Waals surface area contributed by atoms with Gasteiger partial charge in [-0.15, -0.1) is 6.58 Å². The second kappa shape index (κ2) is 9.95. The molecule has 80 valence electrons. The zero-order chi connectivity index (χ0) is 10.6. The van der Waals surface area contributed by atoms with Crippen LogP contribution in [0.5, 0.6) is 0 Å². The van der Waals surface area contributed by atoms with E-state index in [-0.39, 0.29) is 12.4 Å². The first-order chi connectivity index (χ1) is 6.81. The number of rotatable bonds is 9. The second-order valence-corrected chi connectivity index (χ2v) is 2.38. The Morgan fingerprint density at radius 1 is 1.14 bits per heavy atom. The average molecular weight is 200 g/mol. The van der Waals surface area contributed by atoms with Crippen LogP contribution in [-0.2, 0) is 19.0 Å². The molecule has 0 spiro atoms. The van der Waals surface area contributed by atoms with Gasteiger partial charge in [0.25, 0.3) is 0 Å². The SMILES string of the molecule is C=CCOCCOCCC(=O)OC=C. The maximum Gasteiger partial charge on any atom is 0.312 e. The minimum atomic E-state index is -0.341. The van der Waals surface area contributed by atoms with Crippen molar-refractivity contribution in [1.29, 1.82) is 0 Å². The molecule has 0 aliphatic carbocycles. The Morgan fingerprint density at radius 2 is 1.86 bits per heavy atom. The molecule has 0 saturated heterocycles. The van der Waals surface area contributed by atoms with Crippen LogP contribution in [0.1, 0.15) is 6.42 Å². The Morgan fingerprint density at radius 3 is 2.50 bits per heavy atom. The van der Waals surface area contributed by atoms with Crippen molar-refractivity contribution in [2.24, 2.45) is 0 Å². The molecule has 0 bridgehead atoms. The minimum absolute atomic E-state index is 0.230. The summed E-state index contributed by atoms with van der Waals surface area (Å²) in [7, 11) is 0. The number of carbonyl (C=O) groups is 1. The molecule has 0 heterocycles. The maximum atomic E-state index is 10.8. The molecule has 0 N–H and O–H groups in total. The van der Waals surface area contributed by atoms with Gasteiger partial charge in [0.1, 0.15) is 0 Å². The molecule has 0 aromatic heterocycles. The Balaban J connectivity index is 3.08. The standard InChI is InChI=1S/C10H16O4/c1-3-6-12-8-9-13-7-5-10(11)14-4-2/h3-4H,1-2,5-9H2. The predicted octanol–water partition coefficient (Wildman–Crippen LogP) is 1.28. The minimum Gasteiger partial charge on any atom is -0.435 e. The number of esters is 1. The highest BCUT2D eigenvalue weighted by Crippen LogP contribution is 1.88. The van der Waals surface area contributed by atoms with Gasteiger partial charge in [0.05, 0.1) is 39.1 Å². The zero-order valence-corrected chi connectivity index (χ0v) is 8.24. The highest BCUT2D eigenvalue weighted by atomic mass is 16.5. The lowest BCUT2D eigenvalue weighted by molar-refractivity contribution is -0.139. The van der Waals surface area contributed by atoms with Crippen LogP contribution in [0.4, 0.5) is 0 Å². The summed E-state index contributed by atoms with van der Waals surface area (Å²) in [6, 6.07) is 0. The Labute approximate surface area is 84.1 Å². The van der Waals surface area contributed by atoms with Gasteiger partial charge >= 0.3 is 5.97 Å². The molecule has 0 fully saturated rings. The molecular weight excluding hydrogens is 184 g/mol. The summed E-state index contributed by atoms with van der Waals surface area (Å²) in [4.78, 5) is 10.8. The molecule has 0 amide bonds. The normalized spacial score (nSPS) is 9.43. The van der Waals surface area contributed by atoms with Gasteiger partial charge in [0.2, 0.25) is 0 Å². The fourth-order valence-electron chi connectivity index (χ4n) is 0.694. The van der Waals surface area contributed by atoms with Crippen LogP contribution in [0.25, 0.3) is 0 Å². The van der Waals surface area contributed by atoms with Crippen molar-refractivity contribution in [2.75, 3.05) is 26.4 Å². The van der Waals surface area contributed by atoms with E-state index in [0.29, 0.717) is 26.4 Å². The van der Waals surface area contributed by atoms with Gasteiger partial charge in [-0.2, -0.15) is 0 Å². The molecule has 0 unspecified atom stereocenters. The van der Waals surface area contributed by atoms with Crippen LogP contribution in [0.2, 0.25) is 0 Å². The van der Waals surface area contributed by atoms with Gasteiger partial charge in [-0.25, -0.2) is 0 Å². The van der Waals surface area contributed by atoms with E-state index in [9.17, 15) is 4.79 Å². The monoisotopic (exact) mass is 200 g/mol. The van der Waals surface area contributed by atoms with Crippen LogP contribution in [0.3, 0.4) is 0 Å². The van der Waals surface area contributed by atoms with Crippen molar-refractivity contribution in [3.8, 4) is 0 Å². The van der Waals surface area contributed by atoms with Crippen molar-refractivity contribution >= 4 is 5.97 Å². The Bertz CT molecular complexity index is 177. The second-order valence-electron chi connectivity index (χ2n) is 2.38. The maximum absolute atomic E-state index is 10.8. The molecule has 4 heteroatoms. The third-order valence-corrected chi connectivity index (χ3v) is 1.27. The fraction of sp³-hybridized carbons (Fsp3) is 0.500. The van der Waals surface area contributed by atoms with Crippen molar-refractivity contribution in [2.45, 2.75) is 6.42 Å². The lowest BCUT2D eigenvalue weighted by atomic mass is 10.5. The van der Waals surface area contributed by atoms with Gasteiger partial charge in [-0.1, -0.05) is 12.7 Å². The summed E-state index contributed by atoms with van der Waals surface area (Å²) < 4.78 is 14.7. The van der Waals surface area contributed by atoms with Crippen LogP contribution >= 0.6 is 0 Å². The number of ether oxygens (including phenoxy) is 3. The highest BCUT2D eigenvalue weighted by Gasteiger charge is 1.99. The summed E-state index contributed by atoms with van der Waals surface area (Å²) in [5.74, 6) is -0.341. The van der Waals surface area contributed by atoms with Gasteiger partial charge in [0, 0.05) is 0 Å². The van der Waals surface area contributed by atoms with E-state index in [2.05, 4.69) is 17.9 Å². The van der Waals surface area contributed by atoms with Crippen LogP contribution < -0.4 is 0 Å². The third kappa shape index (κ3) is 8.96. The van der Waals surface area contributed by atoms with Gasteiger partial charge in [0.15, 0.2) is 0 Å². The summed E-state index contributed by atoms with van der Waals surface area (Å²) >= 11 is 0. The molecule has 0 aliphatic rings. The fourth-order valence-corrected chi connectivity index (χ4v) is 0.694. The van der Waals surface area contributed by atoms with E-state index in [0.717, 1.165) is 6.26 Å². The van der Waals surface area contributed by atoms with Crippen molar-refractivity contribution in [3.63, 3.8) is 0 Å². The molecule has 0 aliphatic heterocycles. The van der Waals surface area contributed by atoms with E-state index < -0.39 is 0 Å². The summed E-state index contributed by atoms with van der Waals surface area (Å²) in [6.07, 6.45) is 3.00. The number of carbonyl (C=O) groups excluding carboxylic acids is 1. The highest BCUT2D eigenvalue weighted by molar-refractivity contribution is 5.69. The van der Waals surface area contributed by atoms with Gasteiger partial charge in [-0.05, 0) is 0 Å². The molecule has 0 saturated carbocycles. The number of hydrogen-bond acceptors (Lipinski definition) is 4. The smallest absolute Gasteiger partial charge is 0.312 e. The molecule has 0 aromatic carbocycles. The average Bonchev–Trinajstić information content (AvgIpc) is 2.17. The van der Waals surface area contributed by atoms with Crippen LogP contribution in [0, 0.1) is 0 Å². The molecule has 14 heavy (non-hydrogen) atoms. The van der Waals surface area contributed by atoms with Crippen LogP contribution in [0.15, 0.2) is 25.5 Å². The van der Waals surface area contributed by atoms with Gasteiger partial charge < -0.3 is 14.2 Å². The quantitative estimate of drug-likeness (QED) is 0.243. The van der Waals surface area contributed by atoms with Crippen LogP contribution in [-0.4, -0.2) is 32.4 Å². The first kappa shape index (κ1) is 12.9. The van der Waals surface area contributed by atoms with E-state index >= 15 is 0 Å². The largest absolute Gasteiger partial charge is 0.435 e. The lowest BCUT2D eigenvalue weighted by Crippen LogP contribution is -2.09. The third-order valence-electron chi connectivity index (χ3n) is 1.27. The first-order valence-electron chi connectivity index (χ1n) is 4.38. The molecule has 0 radical (unpaired) electrons. The topological polar surface area (TPSA) is 44.8 Å². The Kier molecular flexibility index (Phi) is 9.15. The Hall–Kier alpha value is -1.13.